The van der Waals surface area contributed by atoms with E-state index in [1.165, 1.54) is 29.1 Å². The number of carboxylic acids is 1. The van der Waals surface area contributed by atoms with Gasteiger partial charge in [-0.15, -0.1) is 0 Å². The number of carboxylic acid groups (broad SMARTS) is 1. The maximum absolute atomic E-state index is 13.7. The van der Waals surface area contributed by atoms with Gasteiger partial charge in [0, 0.05) is 17.3 Å². The van der Waals surface area contributed by atoms with Crippen molar-refractivity contribution in [1.29, 1.82) is 0 Å². The van der Waals surface area contributed by atoms with Crippen LogP contribution in [0, 0.1) is 5.82 Å². The van der Waals surface area contributed by atoms with Gasteiger partial charge in [0.2, 0.25) is 5.91 Å². The molecule has 1 amide bonds. The number of aromatic nitrogens is 2. The van der Waals surface area contributed by atoms with Crippen LogP contribution < -0.4 is 5.73 Å². The van der Waals surface area contributed by atoms with Gasteiger partial charge < -0.3 is 10.8 Å². The highest BCUT2D eigenvalue weighted by Gasteiger charge is 2.10. The van der Waals surface area contributed by atoms with Crippen LogP contribution in [0.2, 0.25) is 0 Å². The molecule has 0 atom stereocenters. The summed E-state index contributed by atoms with van der Waals surface area (Å²) in [5.41, 5.74) is 5.28. The fourth-order valence-corrected chi connectivity index (χ4v) is 1.57. The Balaban J connectivity index is 2.23. The molecule has 0 spiro atoms. The molecule has 19 heavy (non-hydrogen) atoms. The Bertz CT molecular complexity index is 651. The van der Waals surface area contributed by atoms with Crippen molar-refractivity contribution in [2.24, 2.45) is 5.73 Å². The number of nitrogens with zero attached hydrogens (tertiary/aromatic N) is 2. The third-order valence-electron chi connectivity index (χ3n) is 2.53. The number of rotatable bonds is 4. The van der Waals surface area contributed by atoms with Crippen molar-refractivity contribution in [3.8, 4) is 0 Å². The highest BCUT2D eigenvalue weighted by molar-refractivity contribution is 5.92. The monoisotopic (exact) mass is 263 g/mol. The molecule has 7 heteroatoms. The first-order valence-electron chi connectivity index (χ1n) is 5.32. The maximum atomic E-state index is 13.7. The third-order valence-corrected chi connectivity index (χ3v) is 2.53. The first-order chi connectivity index (χ1) is 8.97. The average molecular weight is 263 g/mol. The quantitative estimate of drug-likeness (QED) is 0.854. The number of hydrogen-bond donors (Lipinski definition) is 2. The molecule has 0 aliphatic heterocycles. The van der Waals surface area contributed by atoms with E-state index in [0.717, 1.165) is 6.07 Å². The molecule has 0 saturated carbocycles. The van der Waals surface area contributed by atoms with E-state index in [4.69, 9.17) is 10.8 Å². The molecule has 0 aliphatic carbocycles. The Morgan fingerprint density at radius 3 is 2.63 bits per heavy atom. The molecule has 1 aromatic carbocycles. The van der Waals surface area contributed by atoms with E-state index >= 15 is 0 Å². The number of halogens is 1. The fraction of sp³-hybridized carbons (Fsp3) is 0.0833. The molecule has 0 aliphatic rings. The molecule has 1 aromatic heterocycles. The molecule has 6 nitrogen and oxygen atoms in total. The van der Waals surface area contributed by atoms with E-state index in [0.29, 0.717) is 0 Å². The molecule has 2 rings (SSSR count). The summed E-state index contributed by atoms with van der Waals surface area (Å²) in [7, 11) is 0. The fourth-order valence-electron chi connectivity index (χ4n) is 1.57. The molecule has 98 valence electrons. The van der Waals surface area contributed by atoms with E-state index < -0.39 is 17.7 Å². The van der Waals surface area contributed by atoms with Crippen molar-refractivity contribution in [2.45, 2.75) is 6.54 Å². The molecular weight excluding hydrogens is 253 g/mol. The molecule has 0 saturated heterocycles. The van der Waals surface area contributed by atoms with Gasteiger partial charge in [-0.2, -0.15) is 5.10 Å². The lowest BCUT2D eigenvalue weighted by atomic mass is 10.1. The molecule has 0 unspecified atom stereocenters. The number of benzene rings is 1. The molecule has 0 bridgehead atoms. The van der Waals surface area contributed by atoms with Gasteiger partial charge in [-0.3, -0.25) is 9.48 Å². The van der Waals surface area contributed by atoms with Crippen molar-refractivity contribution in [2.75, 3.05) is 0 Å². The number of carbonyl (C=O) groups is 2. The summed E-state index contributed by atoms with van der Waals surface area (Å²) < 4.78 is 15.0. The van der Waals surface area contributed by atoms with Gasteiger partial charge in [-0.25, -0.2) is 9.18 Å². The van der Waals surface area contributed by atoms with E-state index in [1.54, 1.807) is 0 Å². The van der Waals surface area contributed by atoms with Gasteiger partial charge in [-0.1, -0.05) is 6.07 Å². The summed E-state index contributed by atoms with van der Waals surface area (Å²) in [5.74, 6) is -2.45. The average Bonchev–Trinajstić information content (AvgIpc) is 2.80. The van der Waals surface area contributed by atoms with Crippen LogP contribution in [0.15, 0.2) is 30.5 Å². The lowest BCUT2D eigenvalue weighted by Gasteiger charge is -2.05. The molecule has 1 heterocycles. The Morgan fingerprint density at radius 2 is 2.11 bits per heavy atom. The summed E-state index contributed by atoms with van der Waals surface area (Å²) in [6.45, 7) is 0.0676. The largest absolute Gasteiger partial charge is 0.476 e. The molecule has 0 fully saturated rings. The highest BCUT2D eigenvalue weighted by Crippen LogP contribution is 2.12. The van der Waals surface area contributed by atoms with Gasteiger partial charge >= 0.3 is 5.97 Å². The second-order valence-corrected chi connectivity index (χ2v) is 3.87. The molecule has 3 N–H and O–H groups in total. The predicted octanol–water partition coefficient (Wildman–Crippen LogP) is 0.868. The zero-order chi connectivity index (χ0) is 14.0. The molecular formula is C12H10FN3O3. The number of hydrogen-bond acceptors (Lipinski definition) is 3. The van der Waals surface area contributed by atoms with Crippen LogP contribution in [0.5, 0.6) is 0 Å². The minimum atomic E-state index is -1.15. The molecule has 2 aromatic rings. The van der Waals surface area contributed by atoms with E-state index in [1.807, 2.05) is 0 Å². The van der Waals surface area contributed by atoms with Crippen molar-refractivity contribution < 1.29 is 19.1 Å². The van der Waals surface area contributed by atoms with Crippen LogP contribution in [0.4, 0.5) is 4.39 Å². The van der Waals surface area contributed by atoms with Crippen LogP contribution in [0.1, 0.15) is 26.4 Å². The van der Waals surface area contributed by atoms with E-state index in [2.05, 4.69) is 5.10 Å². The summed E-state index contributed by atoms with van der Waals surface area (Å²) >= 11 is 0. The molecule has 0 radical (unpaired) electrons. The zero-order valence-electron chi connectivity index (χ0n) is 9.71. The Hall–Kier alpha value is -2.70. The van der Waals surface area contributed by atoms with Gasteiger partial charge in [0.15, 0.2) is 5.69 Å². The van der Waals surface area contributed by atoms with Crippen molar-refractivity contribution in [3.63, 3.8) is 0 Å². The summed E-state index contributed by atoms with van der Waals surface area (Å²) in [6.07, 6.45) is 1.44. The van der Waals surface area contributed by atoms with Gasteiger partial charge in [-0.05, 0) is 18.2 Å². The van der Waals surface area contributed by atoms with Gasteiger partial charge in [0.05, 0.1) is 6.54 Å². The van der Waals surface area contributed by atoms with Crippen LogP contribution in [-0.2, 0) is 6.54 Å². The van der Waals surface area contributed by atoms with Crippen LogP contribution in [0.25, 0.3) is 0 Å². The predicted molar refractivity (Wildman–Crippen MR) is 63.2 cm³/mol. The second-order valence-electron chi connectivity index (χ2n) is 3.87. The normalized spacial score (nSPS) is 10.4. The van der Waals surface area contributed by atoms with E-state index in [-0.39, 0.29) is 23.4 Å². The van der Waals surface area contributed by atoms with Crippen molar-refractivity contribution in [1.82, 2.24) is 9.78 Å². The lowest BCUT2D eigenvalue weighted by molar-refractivity contribution is 0.0689. The maximum Gasteiger partial charge on any atom is 0.356 e. The first kappa shape index (κ1) is 12.7. The third kappa shape index (κ3) is 2.76. The van der Waals surface area contributed by atoms with Crippen LogP contribution in [0.3, 0.4) is 0 Å². The summed E-state index contributed by atoms with van der Waals surface area (Å²) in [6, 6.07) is 5.18. The van der Waals surface area contributed by atoms with Gasteiger partial charge in [0.25, 0.3) is 0 Å². The lowest BCUT2D eigenvalue weighted by Crippen LogP contribution is -2.12. The Labute approximate surface area is 107 Å². The Morgan fingerprint density at radius 1 is 1.37 bits per heavy atom. The standard InChI is InChI=1S/C12H10FN3O3/c13-9-5-7(11(14)17)1-2-8(9)6-16-4-3-10(15-16)12(18)19/h1-5H,6H2,(H2,14,17)(H,18,19). The van der Waals surface area contributed by atoms with Crippen LogP contribution in [-0.4, -0.2) is 26.8 Å². The first-order valence-corrected chi connectivity index (χ1v) is 5.32. The zero-order valence-corrected chi connectivity index (χ0v) is 9.71. The number of primary amides is 1. The minimum Gasteiger partial charge on any atom is -0.476 e. The van der Waals surface area contributed by atoms with Crippen LogP contribution >= 0.6 is 0 Å². The topological polar surface area (TPSA) is 98.2 Å². The summed E-state index contributed by atoms with van der Waals surface area (Å²) in [4.78, 5) is 21.5. The number of carbonyl (C=O) groups excluding carboxylic acids is 1. The Kier molecular flexibility index (Phi) is 3.28. The summed E-state index contributed by atoms with van der Waals surface area (Å²) in [5, 5.41) is 12.5. The highest BCUT2D eigenvalue weighted by atomic mass is 19.1. The van der Waals surface area contributed by atoms with Gasteiger partial charge in [0.1, 0.15) is 5.82 Å². The minimum absolute atomic E-state index is 0.0676. The van der Waals surface area contributed by atoms with Crippen molar-refractivity contribution >= 4 is 11.9 Å². The number of nitrogens with two attached hydrogens (primary N) is 1. The number of aromatic carboxylic acids is 1. The smallest absolute Gasteiger partial charge is 0.356 e. The number of amides is 1. The SMILES string of the molecule is NC(=O)c1ccc(Cn2ccc(C(=O)O)n2)c(F)c1. The second kappa shape index (κ2) is 4.89. The van der Waals surface area contributed by atoms with Crippen molar-refractivity contribution in [3.05, 3.63) is 53.1 Å². The van der Waals surface area contributed by atoms with E-state index in [9.17, 15) is 14.0 Å².